The summed E-state index contributed by atoms with van der Waals surface area (Å²) >= 11 is 0. The van der Waals surface area contributed by atoms with Crippen LogP contribution in [0.2, 0.25) is 0 Å². The summed E-state index contributed by atoms with van der Waals surface area (Å²) in [6.07, 6.45) is 0.478. The lowest BCUT2D eigenvalue weighted by molar-refractivity contribution is -0.911. The van der Waals surface area contributed by atoms with Crippen molar-refractivity contribution in [3.63, 3.8) is 0 Å². The van der Waals surface area contributed by atoms with Crippen LogP contribution in [0.5, 0.6) is 0 Å². The molecule has 0 spiro atoms. The average molecular weight is 261 g/mol. The molecule has 1 aliphatic rings. The normalized spacial score (nSPS) is 39.3. The first kappa shape index (κ1) is 10.6. The number of halogens is 2. The minimum absolute atomic E-state index is 0. The van der Waals surface area contributed by atoms with E-state index >= 15 is 0 Å². The molecule has 1 fully saturated rings. The number of aliphatic hydroxyl groups is 1. The van der Waals surface area contributed by atoms with E-state index < -0.39 is 0 Å². The van der Waals surface area contributed by atoms with Crippen LogP contribution in [0.4, 0.5) is 4.39 Å². The summed E-state index contributed by atoms with van der Waals surface area (Å²) in [6.45, 7) is 1.01. The summed E-state index contributed by atoms with van der Waals surface area (Å²) in [5, 5.41) is 9.01. The fourth-order valence-electron chi connectivity index (χ4n) is 1.26. The van der Waals surface area contributed by atoms with Crippen molar-refractivity contribution < 1.29 is 38.0 Å². The highest BCUT2D eigenvalue weighted by molar-refractivity contribution is 4.60. The van der Waals surface area contributed by atoms with Gasteiger partial charge in [-0.05, 0) is 0 Å². The zero-order chi connectivity index (χ0) is 6.91. The number of hydrogen-bond acceptors (Lipinski definition) is 1. The van der Waals surface area contributed by atoms with Gasteiger partial charge < -0.3 is 29.1 Å². The molecule has 0 radical (unpaired) electrons. The average Bonchev–Trinajstić information content (AvgIpc) is 2.13. The highest BCUT2D eigenvalue weighted by atomic mass is 127. The number of quaternary nitrogens is 1. The van der Waals surface area contributed by atoms with Crippen LogP contribution in [0.1, 0.15) is 6.42 Å². The fourth-order valence-corrected chi connectivity index (χ4v) is 1.26. The summed E-state index contributed by atoms with van der Waals surface area (Å²) in [7, 11) is 1.83. The maximum absolute atomic E-state index is 12.1. The molecular formula is C6H13FINO. The number of likely N-dealkylation sites (tertiary alicyclic amines) is 1. The predicted octanol–water partition coefficient (Wildman–Crippen LogP) is -2.87. The van der Waals surface area contributed by atoms with Gasteiger partial charge in [0.25, 0.3) is 0 Å². The molecule has 1 N–H and O–H groups in total. The van der Waals surface area contributed by atoms with Gasteiger partial charge in [0.2, 0.25) is 6.80 Å². The van der Waals surface area contributed by atoms with Crippen LogP contribution < -0.4 is 24.0 Å². The second kappa shape index (κ2) is 3.82. The minimum atomic E-state index is -0.350. The van der Waals surface area contributed by atoms with Gasteiger partial charge >= 0.3 is 0 Å². The largest absolute Gasteiger partial charge is 1.00 e. The maximum atomic E-state index is 12.1. The molecule has 1 rings (SSSR count). The Labute approximate surface area is 77.6 Å². The van der Waals surface area contributed by atoms with E-state index in [9.17, 15) is 4.39 Å². The van der Waals surface area contributed by atoms with Crippen molar-refractivity contribution in [1.82, 2.24) is 0 Å². The fraction of sp³-hybridized carbons (Fsp3) is 1.00. The van der Waals surface area contributed by atoms with Gasteiger partial charge in [-0.25, -0.2) is 0 Å². The van der Waals surface area contributed by atoms with Crippen LogP contribution in [0.3, 0.4) is 0 Å². The maximum Gasteiger partial charge on any atom is 0.222 e. The van der Waals surface area contributed by atoms with E-state index in [1.165, 1.54) is 0 Å². The Kier molecular flexibility index (Phi) is 4.05. The van der Waals surface area contributed by atoms with Crippen molar-refractivity contribution in [2.24, 2.45) is 0 Å². The first-order valence-electron chi connectivity index (χ1n) is 3.24. The highest BCUT2D eigenvalue weighted by Crippen LogP contribution is 2.16. The van der Waals surface area contributed by atoms with Gasteiger partial charge in [0.05, 0.1) is 13.6 Å². The molecule has 0 aliphatic carbocycles. The van der Waals surface area contributed by atoms with E-state index in [0.29, 0.717) is 11.0 Å². The summed E-state index contributed by atoms with van der Waals surface area (Å²) in [5.41, 5.74) is 0. The number of likely N-dealkylation sites (N-methyl/N-ethyl adjacent to an activating group) is 1. The van der Waals surface area contributed by atoms with Gasteiger partial charge in [0.1, 0.15) is 12.6 Å². The summed E-state index contributed by atoms with van der Waals surface area (Å²) in [6, 6.07) is 0. The summed E-state index contributed by atoms with van der Waals surface area (Å²) in [5.74, 6) is 0. The van der Waals surface area contributed by atoms with E-state index in [4.69, 9.17) is 5.11 Å². The third-order valence-corrected chi connectivity index (χ3v) is 1.94. The highest BCUT2D eigenvalue weighted by Gasteiger charge is 2.32. The van der Waals surface area contributed by atoms with E-state index in [-0.39, 0.29) is 36.9 Å². The van der Waals surface area contributed by atoms with Gasteiger partial charge in [0.15, 0.2) is 0 Å². The molecule has 0 aromatic rings. The van der Waals surface area contributed by atoms with Gasteiger partial charge in [-0.3, -0.25) is 4.48 Å². The van der Waals surface area contributed by atoms with Gasteiger partial charge in [-0.15, -0.1) is 0 Å². The van der Waals surface area contributed by atoms with Crippen molar-refractivity contribution in [2.45, 2.75) is 12.5 Å². The number of rotatable bonds is 1. The lowest BCUT2D eigenvalue weighted by Gasteiger charge is -2.24. The molecule has 2 nitrogen and oxygen atoms in total. The molecule has 1 aliphatic heterocycles. The zero-order valence-electron chi connectivity index (χ0n) is 6.06. The third kappa shape index (κ3) is 2.32. The lowest BCUT2D eigenvalue weighted by Crippen LogP contribution is -3.00. The van der Waals surface area contributed by atoms with E-state index in [0.717, 1.165) is 13.0 Å². The lowest BCUT2D eigenvalue weighted by atomic mass is 10.3. The Morgan fingerprint density at radius 3 is 2.50 bits per heavy atom. The van der Waals surface area contributed by atoms with Gasteiger partial charge in [-0.2, -0.15) is 4.39 Å². The monoisotopic (exact) mass is 261 g/mol. The molecule has 1 saturated heterocycles. The number of aliphatic hydroxyl groups excluding tert-OH is 1. The molecule has 0 aromatic heterocycles. The Balaban J connectivity index is 0.000000810. The van der Waals surface area contributed by atoms with Crippen molar-refractivity contribution in [1.29, 1.82) is 0 Å². The standard InChI is InChI=1S/C6H13FNO.HI/c1-8(5-7)3-2-6(9)4-8;/h6,9H,2-5H2,1H3;1H/q+1;/p-1/t6-,8?;/m0./s1. The van der Waals surface area contributed by atoms with Crippen LogP contribution in [0.15, 0.2) is 0 Å². The molecule has 1 heterocycles. The Bertz CT molecular complexity index is 114. The van der Waals surface area contributed by atoms with E-state index in [2.05, 4.69) is 0 Å². The third-order valence-electron chi connectivity index (χ3n) is 1.94. The number of alkyl halides is 1. The second-order valence-corrected chi connectivity index (χ2v) is 3.09. The van der Waals surface area contributed by atoms with Crippen molar-refractivity contribution >= 4 is 0 Å². The first-order valence-corrected chi connectivity index (χ1v) is 3.24. The number of hydrogen-bond donors (Lipinski definition) is 1. The Morgan fingerprint density at radius 1 is 1.70 bits per heavy atom. The van der Waals surface area contributed by atoms with Crippen LogP contribution in [-0.4, -0.2) is 42.6 Å². The van der Waals surface area contributed by atoms with Crippen molar-refractivity contribution in [2.75, 3.05) is 26.9 Å². The molecule has 4 heteroatoms. The van der Waals surface area contributed by atoms with E-state index in [1.807, 2.05) is 7.05 Å². The molecule has 1 unspecified atom stereocenters. The smallest absolute Gasteiger partial charge is 0.222 e. The number of nitrogens with zero attached hydrogens (tertiary/aromatic N) is 1. The van der Waals surface area contributed by atoms with Crippen LogP contribution >= 0.6 is 0 Å². The van der Waals surface area contributed by atoms with Crippen molar-refractivity contribution in [3.05, 3.63) is 0 Å². The topological polar surface area (TPSA) is 20.2 Å². The van der Waals surface area contributed by atoms with Gasteiger partial charge in [-0.1, -0.05) is 0 Å². The van der Waals surface area contributed by atoms with Crippen molar-refractivity contribution in [3.8, 4) is 0 Å². The SMILES string of the molecule is C[N+]1(CF)CC[C@H](O)C1.[I-]. The molecule has 0 bridgehead atoms. The molecule has 2 atom stereocenters. The molecule has 0 saturated carbocycles. The minimum Gasteiger partial charge on any atom is -1.00 e. The Hall–Kier alpha value is 0.580. The van der Waals surface area contributed by atoms with E-state index in [1.54, 1.807) is 0 Å². The molecule has 0 amide bonds. The molecular weight excluding hydrogens is 248 g/mol. The van der Waals surface area contributed by atoms with Crippen LogP contribution in [0, 0.1) is 0 Å². The molecule has 62 valence electrons. The molecule has 0 aromatic carbocycles. The Morgan fingerprint density at radius 2 is 2.30 bits per heavy atom. The second-order valence-electron chi connectivity index (χ2n) is 3.09. The molecule has 10 heavy (non-hydrogen) atoms. The van der Waals surface area contributed by atoms with Crippen LogP contribution in [-0.2, 0) is 0 Å². The summed E-state index contributed by atoms with van der Waals surface area (Å²) < 4.78 is 12.5. The predicted molar refractivity (Wildman–Crippen MR) is 32.5 cm³/mol. The first-order chi connectivity index (χ1) is 4.16. The van der Waals surface area contributed by atoms with Gasteiger partial charge in [0, 0.05) is 6.42 Å². The van der Waals surface area contributed by atoms with Crippen LogP contribution in [0.25, 0.3) is 0 Å². The quantitative estimate of drug-likeness (QED) is 0.306. The zero-order valence-corrected chi connectivity index (χ0v) is 8.21. The summed E-state index contributed by atoms with van der Waals surface area (Å²) in [4.78, 5) is 0.